The fourth-order valence-electron chi connectivity index (χ4n) is 1.63. The summed E-state index contributed by atoms with van der Waals surface area (Å²) in [6, 6.07) is 7.80. The first-order chi connectivity index (χ1) is 8.83. The Hall–Kier alpha value is -1.26. The average Bonchev–Trinajstić information content (AvgIpc) is 2.66. The largest absolute Gasteiger partial charge is 0.444 e. The molecule has 1 heterocycles. The number of benzene rings is 1. The van der Waals surface area contributed by atoms with Crippen molar-refractivity contribution in [2.24, 2.45) is 0 Å². The lowest BCUT2D eigenvalue weighted by Gasteiger charge is -2.19. The summed E-state index contributed by atoms with van der Waals surface area (Å²) in [6.07, 6.45) is -0.400. The van der Waals surface area contributed by atoms with E-state index in [9.17, 15) is 4.79 Å². The molecule has 102 valence electrons. The molecule has 0 atom stereocenters. The minimum absolute atomic E-state index is 0.400. The zero-order chi connectivity index (χ0) is 14.0. The van der Waals surface area contributed by atoms with Gasteiger partial charge in [0.25, 0.3) is 0 Å². The zero-order valence-electron chi connectivity index (χ0n) is 11.1. The predicted molar refractivity (Wildman–Crippen MR) is 79.9 cm³/mol. The third-order valence-corrected chi connectivity index (χ3v) is 3.69. The van der Waals surface area contributed by atoms with E-state index in [1.807, 2.05) is 45.0 Å². The Kier molecular flexibility index (Phi) is 4.02. The quantitative estimate of drug-likeness (QED) is 0.881. The van der Waals surface area contributed by atoms with E-state index in [-0.39, 0.29) is 0 Å². The zero-order valence-corrected chi connectivity index (χ0v) is 12.7. The number of rotatable bonds is 2. The molecule has 0 radical (unpaired) electrons. The summed E-state index contributed by atoms with van der Waals surface area (Å²) in [7, 11) is 0. The molecule has 3 nitrogen and oxygen atoms in total. The second-order valence-corrected chi connectivity index (χ2v) is 6.86. The van der Waals surface area contributed by atoms with Crippen molar-refractivity contribution in [3.63, 3.8) is 0 Å². The van der Waals surface area contributed by atoms with E-state index in [1.165, 1.54) is 0 Å². The van der Waals surface area contributed by atoms with Crippen molar-refractivity contribution in [3.8, 4) is 0 Å². The Bertz CT molecular complexity index is 601. The average molecular weight is 298 g/mol. The summed E-state index contributed by atoms with van der Waals surface area (Å²) < 4.78 is 6.34. The number of carbonyl (C=O) groups excluding carboxylic acids is 1. The maximum absolute atomic E-state index is 11.6. The van der Waals surface area contributed by atoms with E-state index >= 15 is 0 Å². The smallest absolute Gasteiger partial charge is 0.407 e. The number of thiophene rings is 1. The molecule has 2 rings (SSSR count). The van der Waals surface area contributed by atoms with E-state index in [0.717, 1.165) is 20.0 Å². The molecule has 0 saturated carbocycles. The standard InChI is InChI=1S/C14H16ClNO2S/c1-14(2,3)18-13(17)16-8-11-7-9-6-10(15)4-5-12(9)19-11/h4-7H,8H2,1-3H3,(H,16,17). The fraction of sp³-hybridized carbons (Fsp3) is 0.357. The van der Waals surface area contributed by atoms with Gasteiger partial charge in [-0.05, 0) is 50.4 Å². The summed E-state index contributed by atoms with van der Waals surface area (Å²) in [5.74, 6) is 0. The van der Waals surface area contributed by atoms with Crippen molar-refractivity contribution < 1.29 is 9.53 Å². The molecular formula is C14H16ClNO2S. The van der Waals surface area contributed by atoms with Crippen molar-refractivity contribution >= 4 is 39.1 Å². The summed E-state index contributed by atoms with van der Waals surface area (Å²) >= 11 is 7.58. The van der Waals surface area contributed by atoms with Crippen LogP contribution < -0.4 is 5.32 Å². The van der Waals surface area contributed by atoms with Gasteiger partial charge in [0.05, 0.1) is 6.54 Å². The van der Waals surface area contributed by atoms with Gasteiger partial charge in [-0.3, -0.25) is 0 Å². The number of fused-ring (bicyclic) bond motifs is 1. The van der Waals surface area contributed by atoms with Crippen LogP contribution in [0.3, 0.4) is 0 Å². The van der Waals surface area contributed by atoms with Gasteiger partial charge >= 0.3 is 6.09 Å². The van der Waals surface area contributed by atoms with E-state index in [4.69, 9.17) is 16.3 Å². The van der Waals surface area contributed by atoms with Gasteiger partial charge in [0.2, 0.25) is 0 Å². The van der Waals surface area contributed by atoms with Crippen molar-refractivity contribution in [2.45, 2.75) is 32.9 Å². The maximum atomic E-state index is 11.6. The van der Waals surface area contributed by atoms with Gasteiger partial charge in [0, 0.05) is 14.6 Å². The molecule has 2 aromatic rings. The Balaban J connectivity index is 2.00. The highest BCUT2D eigenvalue weighted by molar-refractivity contribution is 7.19. The topological polar surface area (TPSA) is 38.3 Å². The minimum Gasteiger partial charge on any atom is -0.444 e. The van der Waals surface area contributed by atoms with E-state index in [1.54, 1.807) is 11.3 Å². The second kappa shape index (κ2) is 5.39. The third kappa shape index (κ3) is 4.11. The molecule has 1 aromatic carbocycles. The molecule has 0 aliphatic rings. The monoisotopic (exact) mass is 297 g/mol. The second-order valence-electron chi connectivity index (χ2n) is 5.25. The van der Waals surface area contributed by atoms with Gasteiger partial charge in [0.15, 0.2) is 0 Å². The van der Waals surface area contributed by atoms with Crippen LogP contribution in [0.4, 0.5) is 4.79 Å². The van der Waals surface area contributed by atoms with Gasteiger partial charge in [-0.2, -0.15) is 0 Å². The van der Waals surface area contributed by atoms with Gasteiger partial charge in [-0.1, -0.05) is 11.6 Å². The molecule has 5 heteroatoms. The molecule has 1 amide bonds. The molecule has 1 N–H and O–H groups in total. The van der Waals surface area contributed by atoms with Crippen LogP contribution in [-0.4, -0.2) is 11.7 Å². The van der Waals surface area contributed by atoms with Crippen molar-refractivity contribution in [1.29, 1.82) is 0 Å². The highest BCUT2D eigenvalue weighted by Gasteiger charge is 2.15. The van der Waals surface area contributed by atoms with Crippen molar-refractivity contribution in [3.05, 3.63) is 34.2 Å². The molecule has 1 aromatic heterocycles. The SMILES string of the molecule is CC(C)(C)OC(=O)NCc1cc2cc(Cl)ccc2s1. The van der Waals surface area contributed by atoms with Crippen LogP contribution in [0.25, 0.3) is 10.1 Å². The molecule has 19 heavy (non-hydrogen) atoms. The lowest BCUT2D eigenvalue weighted by Crippen LogP contribution is -2.31. The number of alkyl carbamates (subject to hydrolysis) is 1. The lowest BCUT2D eigenvalue weighted by molar-refractivity contribution is 0.0524. The number of hydrogen-bond donors (Lipinski definition) is 1. The van der Waals surface area contributed by atoms with Crippen LogP contribution in [0.2, 0.25) is 5.02 Å². The summed E-state index contributed by atoms with van der Waals surface area (Å²) in [4.78, 5) is 12.6. The molecular weight excluding hydrogens is 282 g/mol. The van der Waals surface area contributed by atoms with E-state index < -0.39 is 11.7 Å². The number of hydrogen-bond acceptors (Lipinski definition) is 3. The highest BCUT2D eigenvalue weighted by atomic mass is 35.5. The highest BCUT2D eigenvalue weighted by Crippen LogP contribution is 2.28. The summed E-state index contributed by atoms with van der Waals surface area (Å²) in [5.41, 5.74) is -0.474. The number of amides is 1. The number of ether oxygens (including phenoxy) is 1. The molecule has 0 unspecified atom stereocenters. The Morgan fingerprint density at radius 2 is 2.11 bits per heavy atom. The molecule has 0 fully saturated rings. The van der Waals surface area contributed by atoms with Crippen LogP contribution >= 0.6 is 22.9 Å². The first-order valence-electron chi connectivity index (χ1n) is 5.98. The van der Waals surface area contributed by atoms with Gasteiger partial charge in [0.1, 0.15) is 5.60 Å². The van der Waals surface area contributed by atoms with Gasteiger partial charge in [-0.15, -0.1) is 11.3 Å². The fourth-order valence-corrected chi connectivity index (χ4v) is 2.79. The normalized spacial score (nSPS) is 11.6. The molecule has 0 saturated heterocycles. The Morgan fingerprint density at radius 1 is 1.37 bits per heavy atom. The van der Waals surface area contributed by atoms with Crippen LogP contribution in [0, 0.1) is 0 Å². The van der Waals surface area contributed by atoms with E-state index in [2.05, 4.69) is 5.32 Å². The molecule has 0 aliphatic carbocycles. The maximum Gasteiger partial charge on any atom is 0.407 e. The molecule has 0 aliphatic heterocycles. The van der Waals surface area contributed by atoms with E-state index in [0.29, 0.717) is 6.54 Å². The van der Waals surface area contributed by atoms with Crippen LogP contribution in [-0.2, 0) is 11.3 Å². The molecule has 0 bridgehead atoms. The predicted octanol–water partition coefficient (Wildman–Crippen LogP) is 4.58. The summed E-state index contributed by atoms with van der Waals surface area (Å²) in [6.45, 7) is 5.99. The minimum atomic E-state index is -0.474. The summed E-state index contributed by atoms with van der Waals surface area (Å²) in [5, 5.41) is 4.56. The number of carbonyl (C=O) groups is 1. The van der Waals surface area contributed by atoms with Crippen molar-refractivity contribution in [1.82, 2.24) is 5.32 Å². The van der Waals surface area contributed by atoms with Gasteiger partial charge < -0.3 is 10.1 Å². The van der Waals surface area contributed by atoms with Crippen LogP contribution in [0.5, 0.6) is 0 Å². The Labute approximate surface area is 121 Å². The third-order valence-electron chi connectivity index (χ3n) is 2.34. The number of halogens is 1. The van der Waals surface area contributed by atoms with Crippen molar-refractivity contribution in [2.75, 3.05) is 0 Å². The lowest BCUT2D eigenvalue weighted by atomic mass is 10.2. The van der Waals surface area contributed by atoms with Gasteiger partial charge in [-0.25, -0.2) is 4.79 Å². The number of nitrogens with one attached hydrogen (secondary N) is 1. The first kappa shape index (κ1) is 14.2. The molecule has 0 spiro atoms. The van der Waals surface area contributed by atoms with Crippen LogP contribution in [0.1, 0.15) is 25.6 Å². The van der Waals surface area contributed by atoms with Crippen LogP contribution in [0.15, 0.2) is 24.3 Å². The Morgan fingerprint density at radius 3 is 2.79 bits per heavy atom. The first-order valence-corrected chi connectivity index (χ1v) is 7.18.